The molecule has 100 valence electrons. The van der Waals surface area contributed by atoms with Crippen LogP contribution in [0.2, 0.25) is 0 Å². The van der Waals surface area contributed by atoms with Crippen LogP contribution in [0.5, 0.6) is 0 Å². The van der Waals surface area contributed by atoms with Gasteiger partial charge in [-0.25, -0.2) is 0 Å². The number of hydrogen-bond donors (Lipinski definition) is 1. The molecule has 0 heterocycles. The van der Waals surface area contributed by atoms with Gasteiger partial charge < -0.3 is 14.7 Å². The summed E-state index contributed by atoms with van der Waals surface area (Å²) >= 11 is 0. The summed E-state index contributed by atoms with van der Waals surface area (Å²) in [5.74, 6) is 0.236. The maximum absolute atomic E-state index is 11.2. The first-order valence-electron chi connectivity index (χ1n) is 6.65. The van der Waals surface area contributed by atoms with Crippen molar-refractivity contribution in [3.05, 3.63) is 0 Å². The van der Waals surface area contributed by atoms with Crippen LogP contribution in [-0.4, -0.2) is 48.8 Å². The molecular weight excluding hydrogens is 218 g/mol. The van der Waals surface area contributed by atoms with E-state index < -0.39 is 0 Å². The Hall–Kier alpha value is -0.610. The Labute approximate surface area is 104 Å². The van der Waals surface area contributed by atoms with Crippen LogP contribution < -0.4 is 0 Å². The van der Waals surface area contributed by atoms with Gasteiger partial charge in [0.15, 0.2) is 0 Å². The molecule has 0 amide bonds. The summed E-state index contributed by atoms with van der Waals surface area (Å²) in [5.41, 5.74) is 0. The average molecular weight is 243 g/mol. The third-order valence-corrected chi connectivity index (χ3v) is 3.42. The van der Waals surface area contributed by atoms with Crippen molar-refractivity contribution in [2.24, 2.45) is 5.92 Å². The van der Waals surface area contributed by atoms with Gasteiger partial charge in [-0.2, -0.15) is 0 Å². The molecule has 1 N–H and O–H groups in total. The van der Waals surface area contributed by atoms with Gasteiger partial charge in [0.05, 0.1) is 19.1 Å². The molecule has 0 aromatic carbocycles. The minimum atomic E-state index is -0.159. The maximum atomic E-state index is 11.2. The summed E-state index contributed by atoms with van der Waals surface area (Å²) in [6.45, 7) is 3.85. The van der Waals surface area contributed by atoms with E-state index in [9.17, 15) is 9.90 Å². The van der Waals surface area contributed by atoms with Crippen LogP contribution in [0.25, 0.3) is 0 Å². The highest BCUT2D eigenvalue weighted by molar-refractivity contribution is 5.69. The van der Waals surface area contributed by atoms with Crippen molar-refractivity contribution < 1.29 is 14.6 Å². The molecule has 0 radical (unpaired) electrons. The zero-order valence-electron chi connectivity index (χ0n) is 11.0. The number of nitrogens with zero attached hydrogens (tertiary/aromatic N) is 1. The van der Waals surface area contributed by atoms with Crippen molar-refractivity contribution in [3.63, 3.8) is 0 Å². The van der Waals surface area contributed by atoms with Gasteiger partial charge in [-0.05, 0) is 32.7 Å². The Morgan fingerprint density at radius 3 is 2.76 bits per heavy atom. The summed E-state index contributed by atoms with van der Waals surface area (Å²) in [7, 11) is 2.00. The van der Waals surface area contributed by atoms with Crippen LogP contribution in [-0.2, 0) is 9.53 Å². The second-order valence-electron chi connectivity index (χ2n) is 4.93. The average Bonchev–Trinajstić information content (AvgIpc) is 2.30. The van der Waals surface area contributed by atoms with E-state index in [1.807, 2.05) is 14.0 Å². The van der Waals surface area contributed by atoms with Crippen LogP contribution in [0.3, 0.4) is 0 Å². The number of carbonyl (C=O) groups is 1. The smallest absolute Gasteiger partial charge is 0.307 e. The van der Waals surface area contributed by atoms with E-state index in [-0.39, 0.29) is 12.1 Å². The lowest BCUT2D eigenvalue weighted by atomic mass is 9.86. The lowest BCUT2D eigenvalue weighted by molar-refractivity contribution is -0.143. The number of esters is 1. The number of hydrogen-bond acceptors (Lipinski definition) is 4. The van der Waals surface area contributed by atoms with E-state index in [1.54, 1.807) is 0 Å². The van der Waals surface area contributed by atoms with E-state index in [2.05, 4.69) is 4.90 Å². The molecule has 1 aliphatic carbocycles. The molecule has 0 aromatic rings. The van der Waals surface area contributed by atoms with Gasteiger partial charge >= 0.3 is 5.97 Å². The lowest BCUT2D eigenvalue weighted by Crippen LogP contribution is -2.36. The molecule has 1 rings (SSSR count). The summed E-state index contributed by atoms with van der Waals surface area (Å²) < 4.78 is 4.89. The predicted octanol–water partition coefficient (Wildman–Crippen LogP) is 1.42. The SMILES string of the molecule is CCOC(=O)CCN(C)CC1CCCCC1O. The zero-order valence-corrected chi connectivity index (χ0v) is 11.0. The highest BCUT2D eigenvalue weighted by Gasteiger charge is 2.24. The van der Waals surface area contributed by atoms with E-state index in [0.29, 0.717) is 25.5 Å². The number of rotatable bonds is 6. The number of carbonyl (C=O) groups excluding carboxylic acids is 1. The fourth-order valence-corrected chi connectivity index (χ4v) is 2.41. The molecule has 0 aliphatic heterocycles. The highest BCUT2D eigenvalue weighted by atomic mass is 16.5. The van der Waals surface area contributed by atoms with Crippen molar-refractivity contribution in [3.8, 4) is 0 Å². The fraction of sp³-hybridized carbons (Fsp3) is 0.923. The largest absolute Gasteiger partial charge is 0.466 e. The normalized spacial score (nSPS) is 24.9. The van der Waals surface area contributed by atoms with E-state index in [1.165, 1.54) is 6.42 Å². The van der Waals surface area contributed by atoms with Gasteiger partial charge in [0, 0.05) is 13.1 Å². The molecular formula is C13H25NO3. The number of aliphatic hydroxyl groups excluding tert-OH is 1. The first-order valence-corrected chi connectivity index (χ1v) is 6.65. The van der Waals surface area contributed by atoms with Crippen LogP contribution >= 0.6 is 0 Å². The van der Waals surface area contributed by atoms with E-state index >= 15 is 0 Å². The Kier molecular flexibility index (Phi) is 6.52. The molecule has 4 nitrogen and oxygen atoms in total. The molecule has 1 fully saturated rings. The summed E-state index contributed by atoms with van der Waals surface area (Å²) in [6, 6.07) is 0. The van der Waals surface area contributed by atoms with Gasteiger partial charge in [0.25, 0.3) is 0 Å². The fourth-order valence-electron chi connectivity index (χ4n) is 2.41. The van der Waals surface area contributed by atoms with Crippen LogP contribution in [0.1, 0.15) is 39.0 Å². The second-order valence-corrected chi connectivity index (χ2v) is 4.93. The predicted molar refractivity (Wildman–Crippen MR) is 66.7 cm³/mol. The van der Waals surface area contributed by atoms with Crippen LogP contribution in [0.4, 0.5) is 0 Å². The Bertz CT molecular complexity index is 233. The Balaban J connectivity index is 2.19. The van der Waals surface area contributed by atoms with Crippen molar-refractivity contribution >= 4 is 5.97 Å². The first kappa shape index (κ1) is 14.5. The molecule has 0 spiro atoms. The van der Waals surface area contributed by atoms with Gasteiger partial charge in [0.2, 0.25) is 0 Å². The number of ether oxygens (including phenoxy) is 1. The third kappa shape index (κ3) is 5.50. The zero-order chi connectivity index (χ0) is 12.7. The molecule has 1 aliphatic rings. The monoisotopic (exact) mass is 243 g/mol. The molecule has 1 saturated carbocycles. The molecule has 2 unspecified atom stereocenters. The lowest BCUT2D eigenvalue weighted by Gasteiger charge is -2.31. The molecule has 0 bridgehead atoms. The second kappa shape index (κ2) is 7.67. The van der Waals surface area contributed by atoms with Gasteiger partial charge in [-0.3, -0.25) is 4.79 Å². The summed E-state index contributed by atoms with van der Waals surface area (Å²) in [5, 5.41) is 9.86. The minimum Gasteiger partial charge on any atom is -0.466 e. The van der Waals surface area contributed by atoms with E-state index in [4.69, 9.17) is 4.74 Å². The molecule has 17 heavy (non-hydrogen) atoms. The van der Waals surface area contributed by atoms with Crippen LogP contribution in [0.15, 0.2) is 0 Å². The highest BCUT2D eigenvalue weighted by Crippen LogP contribution is 2.24. The van der Waals surface area contributed by atoms with Crippen molar-refractivity contribution in [2.75, 3.05) is 26.7 Å². The summed E-state index contributed by atoms with van der Waals surface area (Å²) in [4.78, 5) is 13.3. The topological polar surface area (TPSA) is 49.8 Å². The molecule has 0 saturated heterocycles. The first-order chi connectivity index (χ1) is 8.13. The summed E-state index contributed by atoms with van der Waals surface area (Å²) in [6.07, 6.45) is 4.67. The standard InChI is InChI=1S/C13H25NO3/c1-3-17-13(16)8-9-14(2)10-11-6-4-5-7-12(11)15/h11-12,15H,3-10H2,1-2H3. The maximum Gasteiger partial charge on any atom is 0.307 e. The van der Waals surface area contributed by atoms with Gasteiger partial charge in [-0.15, -0.1) is 0 Å². The quantitative estimate of drug-likeness (QED) is 0.717. The van der Waals surface area contributed by atoms with E-state index in [0.717, 1.165) is 25.8 Å². The van der Waals surface area contributed by atoms with Crippen molar-refractivity contribution in [1.82, 2.24) is 4.90 Å². The van der Waals surface area contributed by atoms with Crippen LogP contribution in [0, 0.1) is 5.92 Å². The number of aliphatic hydroxyl groups is 1. The van der Waals surface area contributed by atoms with Crippen molar-refractivity contribution in [2.45, 2.75) is 45.1 Å². The third-order valence-electron chi connectivity index (χ3n) is 3.42. The van der Waals surface area contributed by atoms with Crippen molar-refractivity contribution in [1.29, 1.82) is 0 Å². The van der Waals surface area contributed by atoms with Gasteiger partial charge in [-0.1, -0.05) is 12.8 Å². The Morgan fingerprint density at radius 1 is 1.41 bits per heavy atom. The molecule has 2 atom stereocenters. The minimum absolute atomic E-state index is 0.136. The Morgan fingerprint density at radius 2 is 2.12 bits per heavy atom. The molecule has 4 heteroatoms. The van der Waals surface area contributed by atoms with Gasteiger partial charge in [0.1, 0.15) is 0 Å². The molecule has 0 aromatic heterocycles.